The van der Waals surface area contributed by atoms with Gasteiger partial charge in [0, 0.05) is 32.2 Å². The number of aromatic nitrogens is 2. The van der Waals surface area contributed by atoms with Gasteiger partial charge >= 0.3 is 0 Å². The van der Waals surface area contributed by atoms with Crippen LogP contribution in [0, 0.1) is 0 Å². The van der Waals surface area contributed by atoms with E-state index in [1.54, 1.807) is 18.3 Å². The predicted molar refractivity (Wildman–Crippen MR) is 74.7 cm³/mol. The summed E-state index contributed by atoms with van der Waals surface area (Å²) < 4.78 is 1.95. The third kappa shape index (κ3) is 1.95. The van der Waals surface area contributed by atoms with Gasteiger partial charge in [0.25, 0.3) is 11.7 Å². The zero-order chi connectivity index (χ0) is 14.3. The number of nitrogens with zero attached hydrogens (tertiary/aromatic N) is 3. The molecule has 20 heavy (non-hydrogen) atoms. The van der Waals surface area contributed by atoms with E-state index in [2.05, 4.69) is 10.3 Å². The highest BCUT2D eigenvalue weighted by Crippen LogP contribution is 2.28. The number of anilines is 2. The number of nitrogens with one attached hydrogen (secondary N) is 1. The van der Waals surface area contributed by atoms with E-state index in [0.717, 1.165) is 11.5 Å². The van der Waals surface area contributed by atoms with Gasteiger partial charge in [0.1, 0.15) is 5.82 Å². The van der Waals surface area contributed by atoms with Crippen LogP contribution in [0.5, 0.6) is 0 Å². The minimum absolute atomic E-state index is 0.434. The van der Waals surface area contributed by atoms with Crippen LogP contribution in [0.1, 0.15) is 16.2 Å². The fraction of sp³-hybridized carbons (Fsp3) is 0.214. The molecule has 0 radical (unpaired) electrons. The summed E-state index contributed by atoms with van der Waals surface area (Å²) in [6, 6.07) is 5.32. The Kier molecular flexibility index (Phi) is 2.78. The summed E-state index contributed by atoms with van der Waals surface area (Å²) in [6.45, 7) is 0.643. The van der Waals surface area contributed by atoms with E-state index in [1.807, 2.05) is 35.8 Å². The number of rotatable bonds is 3. The Morgan fingerprint density at radius 2 is 2.15 bits per heavy atom. The lowest BCUT2D eigenvalue weighted by molar-refractivity contribution is -0.112. The topological polar surface area (TPSA) is 67.2 Å². The van der Waals surface area contributed by atoms with Crippen molar-refractivity contribution >= 4 is 23.1 Å². The van der Waals surface area contributed by atoms with Gasteiger partial charge in [-0.1, -0.05) is 0 Å². The van der Waals surface area contributed by atoms with Crippen molar-refractivity contribution in [3.8, 4) is 0 Å². The van der Waals surface area contributed by atoms with Crippen LogP contribution in [-0.4, -0.2) is 28.3 Å². The second-order valence-electron chi connectivity index (χ2n) is 4.82. The largest absolute Gasteiger partial charge is 0.367 e. The lowest BCUT2D eigenvalue weighted by Gasteiger charge is -2.19. The van der Waals surface area contributed by atoms with Crippen LogP contribution in [0.4, 0.5) is 11.4 Å². The minimum atomic E-state index is -0.566. The van der Waals surface area contributed by atoms with Crippen molar-refractivity contribution in [1.29, 1.82) is 0 Å². The summed E-state index contributed by atoms with van der Waals surface area (Å²) in [6.07, 6.45) is 3.65. The van der Waals surface area contributed by atoms with Crippen LogP contribution in [0.25, 0.3) is 0 Å². The number of carbonyl (C=O) groups is 2. The van der Waals surface area contributed by atoms with Crippen molar-refractivity contribution in [1.82, 2.24) is 9.55 Å². The van der Waals surface area contributed by atoms with Gasteiger partial charge in [-0.15, -0.1) is 0 Å². The zero-order valence-corrected chi connectivity index (χ0v) is 11.3. The number of benzene rings is 1. The van der Waals surface area contributed by atoms with Crippen molar-refractivity contribution in [3.05, 3.63) is 42.0 Å². The number of Topliss-reactive ketones (excluding diaryl/α,β-unsaturated/α-hetero) is 1. The highest BCUT2D eigenvalue weighted by molar-refractivity contribution is 6.51. The Morgan fingerprint density at radius 3 is 2.85 bits per heavy atom. The lowest BCUT2D eigenvalue weighted by Crippen LogP contribution is -2.19. The second-order valence-corrected chi connectivity index (χ2v) is 4.82. The van der Waals surface area contributed by atoms with Crippen LogP contribution in [0.2, 0.25) is 0 Å². The molecule has 102 valence electrons. The molecule has 0 unspecified atom stereocenters. The van der Waals surface area contributed by atoms with E-state index >= 15 is 0 Å². The molecule has 2 aromatic rings. The van der Waals surface area contributed by atoms with E-state index in [1.165, 1.54) is 0 Å². The SMILES string of the molecule is CN(Cc1nccn1C)c1ccc2c(c1)NC(=O)C2=O. The molecule has 0 saturated heterocycles. The molecule has 1 N–H and O–H groups in total. The first-order chi connectivity index (χ1) is 9.56. The summed E-state index contributed by atoms with van der Waals surface area (Å²) >= 11 is 0. The van der Waals surface area contributed by atoms with Gasteiger partial charge in [-0.3, -0.25) is 9.59 Å². The van der Waals surface area contributed by atoms with Gasteiger partial charge < -0.3 is 14.8 Å². The summed E-state index contributed by atoms with van der Waals surface area (Å²) in [4.78, 5) is 29.2. The van der Waals surface area contributed by atoms with Gasteiger partial charge in [-0.05, 0) is 18.2 Å². The maximum absolute atomic E-state index is 11.5. The molecule has 0 aliphatic carbocycles. The summed E-state index contributed by atoms with van der Waals surface area (Å²) in [5.41, 5.74) is 1.93. The Hall–Kier alpha value is -2.63. The standard InChI is InChI=1S/C14H14N4O2/c1-17-6-5-15-12(17)8-18(2)9-3-4-10-11(7-9)16-14(20)13(10)19/h3-7H,8H2,1-2H3,(H,16,19,20). The Bertz CT molecular complexity index is 705. The number of amides is 1. The zero-order valence-electron chi connectivity index (χ0n) is 11.3. The van der Waals surface area contributed by atoms with Gasteiger partial charge in [0.15, 0.2) is 0 Å². The van der Waals surface area contributed by atoms with E-state index < -0.39 is 11.7 Å². The van der Waals surface area contributed by atoms with Crippen molar-refractivity contribution in [2.24, 2.45) is 7.05 Å². The first-order valence-corrected chi connectivity index (χ1v) is 6.23. The molecule has 1 aromatic heterocycles. The highest BCUT2D eigenvalue weighted by Gasteiger charge is 2.28. The molecule has 0 spiro atoms. The lowest BCUT2D eigenvalue weighted by atomic mass is 10.1. The van der Waals surface area contributed by atoms with Crippen molar-refractivity contribution in [2.45, 2.75) is 6.54 Å². The molecule has 1 aliphatic heterocycles. The van der Waals surface area contributed by atoms with Crippen molar-refractivity contribution < 1.29 is 9.59 Å². The molecular formula is C14H14N4O2. The first-order valence-electron chi connectivity index (χ1n) is 6.23. The van der Waals surface area contributed by atoms with Gasteiger partial charge in [-0.2, -0.15) is 0 Å². The molecule has 0 fully saturated rings. The smallest absolute Gasteiger partial charge is 0.296 e. The van der Waals surface area contributed by atoms with Crippen LogP contribution < -0.4 is 10.2 Å². The second kappa shape index (κ2) is 4.48. The Morgan fingerprint density at radius 1 is 1.35 bits per heavy atom. The van der Waals surface area contributed by atoms with Gasteiger partial charge in [0.2, 0.25) is 0 Å². The Labute approximate surface area is 116 Å². The minimum Gasteiger partial charge on any atom is -0.367 e. The number of carbonyl (C=O) groups excluding carboxylic acids is 2. The monoisotopic (exact) mass is 270 g/mol. The molecule has 0 atom stereocenters. The number of fused-ring (bicyclic) bond motifs is 1. The average molecular weight is 270 g/mol. The number of aryl methyl sites for hydroxylation is 1. The van der Waals surface area contributed by atoms with Gasteiger partial charge in [-0.25, -0.2) is 4.98 Å². The van der Waals surface area contributed by atoms with Crippen LogP contribution >= 0.6 is 0 Å². The molecule has 0 bridgehead atoms. The molecule has 6 heteroatoms. The van der Waals surface area contributed by atoms with E-state index in [0.29, 0.717) is 17.8 Å². The fourth-order valence-corrected chi connectivity index (χ4v) is 2.22. The van der Waals surface area contributed by atoms with Crippen molar-refractivity contribution in [2.75, 3.05) is 17.3 Å². The Balaban J connectivity index is 1.85. The molecule has 1 aromatic carbocycles. The maximum atomic E-state index is 11.5. The van der Waals surface area contributed by atoms with Crippen LogP contribution in [0.3, 0.4) is 0 Å². The van der Waals surface area contributed by atoms with Crippen LogP contribution in [-0.2, 0) is 18.4 Å². The number of hydrogen-bond donors (Lipinski definition) is 1. The number of hydrogen-bond acceptors (Lipinski definition) is 4. The molecule has 0 saturated carbocycles. The molecule has 1 aliphatic rings. The number of ketones is 1. The normalized spacial score (nSPS) is 13.3. The molecule has 1 amide bonds. The third-order valence-electron chi connectivity index (χ3n) is 3.44. The maximum Gasteiger partial charge on any atom is 0.296 e. The molecule has 6 nitrogen and oxygen atoms in total. The average Bonchev–Trinajstić information content (AvgIpc) is 2.95. The summed E-state index contributed by atoms with van der Waals surface area (Å²) in [5.74, 6) is -0.102. The van der Waals surface area contributed by atoms with Crippen LogP contribution in [0.15, 0.2) is 30.6 Å². The quantitative estimate of drug-likeness (QED) is 0.851. The van der Waals surface area contributed by atoms with E-state index in [-0.39, 0.29) is 0 Å². The molecule has 3 rings (SSSR count). The van der Waals surface area contributed by atoms with E-state index in [9.17, 15) is 9.59 Å². The summed E-state index contributed by atoms with van der Waals surface area (Å²) in [7, 11) is 3.88. The first kappa shape index (κ1) is 12.4. The molecular weight excluding hydrogens is 256 g/mol. The fourth-order valence-electron chi connectivity index (χ4n) is 2.22. The summed E-state index contributed by atoms with van der Waals surface area (Å²) in [5, 5.41) is 2.58. The number of imidazole rings is 1. The molecule has 2 heterocycles. The van der Waals surface area contributed by atoms with Crippen molar-refractivity contribution in [3.63, 3.8) is 0 Å². The highest BCUT2D eigenvalue weighted by atomic mass is 16.2. The predicted octanol–water partition coefficient (Wildman–Crippen LogP) is 1.19. The van der Waals surface area contributed by atoms with E-state index in [4.69, 9.17) is 0 Å². The third-order valence-corrected chi connectivity index (χ3v) is 3.44. The van der Waals surface area contributed by atoms with Gasteiger partial charge in [0.05, 0.1) is 17.8 Å².